The van der Waals surface area contributed by atoms with Crippen LogP contribution in [0.15, 0.2) is 103 Å². The van der Waals surface area contributed by atoms with E-state index < -0.39 is 0 Å². The first kappa shape index (κ1) is 26.6. The van der Waals surface area contributed by atoms with Crippen molar-refractivity contribution in [3.8, 4) is 22.6 Å². The van der Waals surface area contributed by atoms with E-state index in [0.717, 1.165) is 58.5 Å². The molecule has 2 atom stereocenters. The normalized spacial score (nSPS) is 17.6. The third-order valence-corrected chi connectivity index (χ3v) is 9.27. The standard InChI is InChI=1S/C35H31N7OS/c43-33(29-22-28(29)23-7-2-1-3-8-23)37-26-10-6-9-24(21-26)31-32(42-19-20-44-35(42)40-31)30-15-16-36-34(39-30)38-25-11-13-27(14-12-25)41-17-4-5-18-41/h1-3,6-16,19-21,28-29H,4-5,17-18,22H2,(H,37,43)(H,36,38,39). The molecule has 3 aromatic heterocycles. The van der Waals surface area contributed by atoms with Gasteiger partial charge in [0.05, 0.1) is 11.4 Å². The Morgan fingerprint density at radius 3 is 2.57 bits per heavy atom. The average molecular weight is 598 g/mol. The second-order valence-corrected chi connectivity index (χ2v) is 12.3. The zero-order valence-corrected chi connectivity index (χ0v) is 24.9. The van der Waals surface area contributed by atoms with Gasteiger partial charge in [-0.2, -0.15) is 0 Å². The number of carbonyl (C=O) groups excluding carboxylic acids is 1. The van der Waals surface area contributed by atoms with Gasteiger partial charge in [0.1, 0.15) is 5.69 Å². The van der Waals surface area contributed by atoms with Gasteiger partial charge in [0.25, 0.3) is 0 Å². The lowest BCUT2D eigenvalue weighted by atomic mass is 10.1. The molecule has 9 heteroatoms. The van der Waals surface area contributed by atoms with E-state index in [4.69, 9.17) is 9.97 Å². The fraction of sp³-hybridized carbons (Fsp3) is 0.200. The lowest BCUT2D eigenvalue weighted by Crippen LogP contribution is -2.17. The maximum atomic E-state index is 13.1. The molecular weight excluding hydrogens is 567 g/mol. The van der Waals surface area contributed by atoms with Crippen molar-refractivity contribution < 1.29 is 4.79 Å². The first-order chi connectivity index (χ1) is 21.7. The molecule has 8 nitrogen and oxygen atoms in total. The Bertz CT molecular complexity index is 1940. The van der Waals surface area contributed by atoms with E-state index in [2.05, 4.69) is 61.3 Å². The van der Waals surface area contributed by atoms with E-state index >= 15 is 0 Å². The van der Waals surface area contributed by atoms with Gasteiger partial charge in [-0.1, -0.05) is 42.5 Å². The van der Waals surface area contributed by atoms with Crippen LogP contribution in [0, 0.1) is 5.92 Å². The minimum atomic E-state index is -0.00192. The number of carbonyl (C=O) groups is 1. The van der Waals surface area contributed by atoms with Crippen molar-refractivity contribution >= 4 is 45.2 Å². The second kappa shape index (κ2) is 11.2. The Labute approximate surface area is 259 Å². The van der Waals surface area contributed by atoms with Crippen LogP contribution in [0.25, 0.3) is 27.6 Å². The van der Waals surface area contributed by atoms with Gasteiger partial charge in [0.2, 0.25) is 11.9 Å². The summed E-state index contributed by atoms with van der Waals surface area (Å²) in [6, 6.07) is 28.6. The molecule has 1 amide bonds. The highest BCUT2D eigenvalue weighted by molar-refractivity contribution is 7.15. The number of aromatic nitrogens is 4. The van der Waals surface area contributed by atoms with Crippen molar-refractivity contribution in [2.75, 3.05) is 28.6 Å². The highest BCUT2D eigenvalue weighted by Crippen LogP contribution is 2.48. The number of imidazole rings is 1. The van der Waals surface area contributed by atoms with Crippen LogP contribution in [0.5, 0.6) is 0 Å². The third-order valence-electron chi connectivity index (χ3n) is 8.51. The summed E-state index contributed by atoms with van der Waals surface area (Å²) in [4.78, 5) is 30.8. The van der Waals surface area contributed by atoms with Gasteiger partial charge in [-0.25, -0.2) is 15.0 Å². The monoisotopic (exact) mass is 597 g/mol. The van der Waals surface area contributed by atoms with Crippen molar-refractivity contribution in [2.24, 2.45) is 5.92 Å². The molecule has 0 spiro atoms. The summed E-state index contributed by atoms with van der Waals surface area (Å²) in [5, 5.41) is 8.54. The molecule has 44 heavy (non-hydrogen) atoms. The van der Waals surface area contributed by atoms with Crippen molar-refractivity contribution in [3.05, 3.63) is 108 Å². The van der Waals surface area contributed by atoms with Gasteiger partial charge in [-0.3, -0.25) is 9.20 Å². The molecule has 8 rings (SSSR count). The van der Waals surface area contributed by atoms with E-state index in [9.17, 15) is 4.79 Å². The Hall–Kier alpha value is -5.02. The van der Waals surface area contributed by atoms with Crippen LogP contribution in [-0.2, 0) is 4.79 Å². The smallest absolute Gasteiger partial charge is 0.228 e. The van der Waals surface area contributed by atoms with Crippen LogP contribution in [0.3, 0.4) is 0 Å². The average Bonchev–Trinajstić information content (AvgIpc) is 3.34. The van der Waals surface area contributed by atoms with Crippen LogP contribution in [-0.4, -0.2) is 38.3 Å². The number of hydrogen-bond donors (Lipinski definition) is 2. The fourth-order valence-electron chi connectivity index (χ4n) is 6.18. The molecular formula is C35H31N7OS. The van der Waals surface area contributed by atoms with E-state index in [-0.39, 0.29) is 17.7 Å². The van der Waals surface area contributed by atoms with Gasteiger partial charge in [-0.15, -0.1) is 11.3 Å². The summed E-state index contributed by atoms with van der Waals surface area (Å²) in [5.41, 5.74) is 7.53. The SMILES string of the molecule is O=C(Nc1cccc(-c2nc3sccn3c2-c2ccnc(Nc3ccc(N4CCCC4)cc3)n2)c1)C1CC1c1ccccc1. The van der Waals surface area contributed by atoms with Gasteiger partial charge in [0, 0.05) is 59.4 Å². The molecule has 2 fully saturated rings. The lowest BCUT2D eigenvalue weighted by molar-refractivity contribution is -0.117. The van der Waals surface area contributed by atoms with Crippen molar-refractivity contribution in [1.82, 2.24) is 19.4 Å². The highest BCUT2D eigenvalue weighted by atomic mass is 32.1. The maximum Gasteiger partial charge on any atom is 0.228 e. The predicted octanol–water partition coefficient (Wildman–Crippen LogP) is 7.61. The Morgan fingerprint density at radius 2 is 1.73 bits per heavy atom. The first-order valence-corrected chi connectivity index (χ1v) is 15.9. The van der Waals surface area contributed by atoms with Crippen LogP contribution in [0.4, 0.5) is 23.0 Å². The number of benzene rings is 3. The Morgan fingerprint density at radius 1 is 0.886 bits per heavy atom. The number of amides is 1. The number of nitrogens with zero attached hydrogens (tertiary/aromatic N) is 5. The zero-order chi connectivity index (χ0) is 29.5. The first-order valence-electron chi connectivity index (χ1n) is 15.1. The van der Waals surface area contributed by atoms with Gasteiger partial charge in [-0.05, 0) is 73.2 Å². The summed E-state index contributed by atoms with van der Waals surface area (Å²) < 4.78 is 2.07. The quantitative estimate of drug-likeness (QED) is 0.188. The topological polar surface area (TPSA) is 87.5 Å². The van der Waals surface area contributed by atoms with Crippen molar-refractivity contribution in [2.45, 2.75) is 25.2 Å². The lowest BCUT2D eigenvalue weighted by Gasteiger charge is -2.17. The minimum absolute atomic E-state index is 0.00192. The number of nitrogens with one attached hydrogen (secondary N) is 2. The molecule has 4 heterocycles. The molecule has 1 saturated heterocycles. The molecule has 218 valence electrons. The largest absolute Gasteiger partial charge is 0.372 e. The van der Waals surface area contributed by atoms with Gasteiger partial charge < -0.3 is 15.5 Å². The number of rotatable bonds is 8. The molecule has 1 saturated carbocycles. The number of hydrogen-bond acceptors (Lipinski definition) is 7. The van der Waals surface area contributed by atoms with E-state index in [1.165, 1.54) is 24.1 Å². The molecule has 2 aliphatic rings. The predicted molar refractivity (Wildman–Crippen MR) is 177 cm³/mol. The molecule has 0 radical (unpaired) electrons. The number of anilines is 4. The molecule has 6 aromatic rings. The van der Waals surface area contributed by atoms with E-state index in [1.54, 1.807) is 17.5 Å². The van der Waals surface area contributed by atoms with Crippen molar-refractivity contribution in [3.63, 3.8) is 0 Å². The summed E-state index contributed by atoms with van der Waals surface area (Å²) in [6.07, 6.45) is 7.17. The molecule has 2 N–H and O–H groups in total. The van der Waals surface area contributed by atoms with Crippen LogP contribution >= 0.6 is 11.3 Å². The van der Waals surface area contributed by atoms with Gasteiger partial charge >= 0.3 is 0 Å². The number of fused-ring (bicyclic) bond motifs is 1. The molecule has 1 aliphatic carbocycles. The summed E-state index contributed by atoms with van der Waals surface area (Å²) in [6.45, 7) is 2.24. The fourth-order valence-corrected chi connectivity index (χ4v) is 6.89. The maximum absolute atomic E-state index is 13.1. The third kappa shape index (κ3) is 5.20. The Kier molecular flexibility index (Phi) is 6.79. The van der Waals surface area contributed by atoms with Crippen LogP contribution in [0.2, 0.25) is 0 Å². The molecule has 3 aromatic carbocycles. The second-order valence-electron chi connectivity index (χ2n) is 11.4. The molecule has 1 aliphatic heterocycles. The molecule has 2 unspecified atom stereocenters. The van der Waals surface area contributed by atoms with E-state index in [0.29, 0.717) is 5.95 Å². The number of thiazole rings is 1. The minimum Gasteiger partial charge on any atom is -0.372 e. The summed E-state index contributed by atoms with van der Waals surface area (Å²) in [5.74, 6) is 0.861. The molecule has 0 bridgehead atoms. The van der Waals surface area contributed by atoms with Gasteiger partial charge in [0.15, 0.2) is 4.96 Å². The van der Waals surface area contributed by atoms with Crippen LogP contribution < -0.4 is 15.5 Å². The zero-order valence-electron chi connectivity index (χ0n) is 24.1. The summed E-state index contributed by atoms with van der Waals surface area (Å²) in [7, 11) is 0. The van der Waals surface area contributed by atoms with E-state index in [1.807, 2.05) is 60.1 Å². The summed E-state index contributed by atoms with van der Waals surface area (Å²) >= 11 is 1.57. The highest BCUT2D eigenvalue weighted by Gasteiger charge is 2.43. The Balaban J connectivity index is 1.05. The van der Waals surface area contributed by atoms with Crippen LogP contribution in [0.1, 0.15) is 30.7 Å². The van der Waals surface area contributed by atoms with Crippen molar-refractivity contribution in [1.29, 1.82) is 0 Å².